The van der Waals surface area contributed by atoms with Crippen molar-refractivity contribution in [2.45, 2.75) is 39.2 Å². The van der Waals surface area contributed by atoms with Crippen molar-refractivity contribution in [3.63, 3.8) is 0 Å². The zero-order chi connectivity index (χ0) is 10.4. The highest BCUT2D eigenvalue weighted by Crippen LogP contribution is 2.11. The summed E-state index contributed by atoms with van der Waals surface area (Å²) in [5.74, 6) is -0.431. The molecule has 1 aromatic rings. The van der Waals surface area contributed by atoms with Crippen LogP contribution in [0.1, 0.15) is 33.1 Å². The summed E-state index contributed by atoms with van der Waals surface area (Å²) in [6.07, 6.45) is 4.90. The second kappa shape index (κ2) is 5.58. The van der Waals surface area contributed by atoms with Crippen molar-refractivity contribution in [3.05, 3.63) is 24.3 Å². The zero-order valence-electron chi connectivity index (χ0n) is 8.76. The summed E-state index contributed by atoms with van der Waals surface area (Å²) in [6, 6.07) is 3.56. The average molecular weight is 196 g/mol. The van der Waals surface area contributed by atoms with Crippen LogP contribution in [-0.2, 0) is 0 Å². The predicted molar refractivity (Wildman–Crippen MR) is 56.8 cm³/mol. The lowest BCUT2D eigenvalue weighted by Gasteiger charge is -2.16. The summed E-state index contributed by atoms with van der Waals surface area (Å²) in [4.78, 5) is 3.60. The molecule has 0 fully saturated rings. The molecule has 0 aliphatic carbocycles. The minimum atomic E-state index is -0.431. The zero-order valence-corrected chi connectivity index (χ0v) is 8.76. The molecule has 0 aliphatic heterocycles. The van der Waals surface area contributed by atoms with Crippen molar-refractivity contribution in [2.24, 2.45) is 0 Å². The lowest BCUT2D eigenvalue weighted by atomic mass is 10.1. The molecule has 1 heterocycles. The van der Waals surface area contributed by atoms with Crippen molar-refractivity contribution in [3.8, 4) is 0 Å². The molecule has 0 aliphatic rings. The predicted octanol–water partition coefficient (Wildman–Crippen LogP) is 3.21. The third-order valence-electron chi connectivity index (χ3n) is 2.23. The van der Waals surface area contributed by atoms with Gasteiger partial charge in [-0.2, -0.15) is 4.39 Å². The third-order valence-corrected chi connectivity index (χ3v) is 2.23. The summed E-state index contributed by atoms with van der Waals surface area (Å²) in [6.45, 7) is 4.30. The molecule has 1 rings (SSSR count). The number of hydrogen-bond acceptors (Lipinski definition) is 2. The van der Waals surface area contributed by atoms with Gasteiger partial charge in [0.05, 0.1) is 11.9 Å². The third kappa shape index (κ3) is 3.32. The van der Waals surface area contributed by atoms with E-state index in [1.165, 1.54) is 12.3 Å². The second-order valence-electron chi connectivity index (χ2n) is 3.41. The van der Waals surface area contributed by atoms with E-state index in [-0.39, 0.29) is 0 Å². The van der Waals surface area contributed by atoms with Gasteiger partial charge in [0.25, 0.3) is 0 Å². The van der Waals surface area contributed by atoms with Crippen molar-refractivity contribution in [2.75, 3.05) is 5.32 Å². The first-order valence-electron chi connectivity index (χ1n) is 5.14. The number of hydrogen-bond donors (Lipinski definition) is 1. The smallest absolute Gasteiger partial charge is 0.212 e. The highest BCUT2D eigenvalue weighted by Gasteiger charge is 2.04. The topological polar surface area (TPSA) is 24.9 Å². The molecule has 0 bridgehead atoms. The van der Waals surface area contributed by atoms with E-state index < -0.39 is 5.95 Å². The number of rotatable bonds is 5. The van der Waals surface area contributed by atoms with Crippen LogP contribution in [0.2, 0.25) is 0 Å². The molecule has 0 radical (unpaired) electrons. The van der Waals surface area contributed by atoms with Crippen molar-refractivity contribution in [1.82, 2.24) is 4.98 Å². The minimum Gasteiger partial charge on any atom is -0.381 e. The number of anilines is 1. The summed E-state index contributed by atoms with van der Waals surface area (Å²) in [7, 11) is 0. The van der Waals surface area contributed by atoms with Gasteiger partial charge in [0, 0.05) is 6.04 Å². The molecule has 78 valence electrons. The second-order valence-corrected chi connectivity index (χ2v) is 3.41. The van der Waals surface area contributed by atoms with Gasteiger partial charge in [-0.05, 0) is 25.0 Å². The first-order valence-corrected chi connectivity index (χ1v) is 5.14. The van der Waals surface area contributed by atoms with Crippen LogP contribution in [0, 0.1) is 5.95 Å². The number of nitrogens with one attached hydrogen (secondary N) is 1. The fraction of sp³-hybridized carbons (Fsp3) is 0.545. The Balaban J connectivity index is 2.53. The van der Waals surface area contributed by atoms with E-state index in [1.54, 1.807) is 6.07 Å². The van der Waals surface area contributed by atoms with Gasteiger partial charge in [-0.15, -0.1) is 0 Å². The Kier molecular flexibility index (Phi) is 4.36. The minimum absolute atomic E-state index is 0.431. The van der Waals surface area contributed by atoms with E-state index in [4.69, 9.17) is 0 Å². The largest absolute Gasteiger partial charge is 0.381 e. The maximum Gasteiger partial charge on any atom is 0.212 e. The van der Waals surface area contributed by atoms with Crippen molar-refractivity contribution in [1.29, 1.82) is 0 Å². The number of pyridine rings is 1. The first-order chi connectivity index (χ1) is 6.76. The Bertz CT molecular complexity index is 258. The highest BCUT2D eigenvalue weighted by molar-refractivity contribution is 5.40. The molecule has 0 saturated heterocycles. The molecule has 0 aromatic carbocycles. The Morgan fingerprint density at radius 1 is 1.43 bits per heavy atom. The average Bonchev–Trinajstić information content (AvgIpc) is 2.20. The van der Waals surface area contributed by atoms with Gasteiger partial charge < -0.3 is 5.32 Å². The summed E-state index contributed by atoms with van der Waals surface area (Å²) >= 11 is 0. The van der Waals surface area contributed by atoms with Gasteiger partial charge in [0.2, 0.25) is 5.95 Å². The fourth-order valence-corrected chi connectivity index (χ4v) is 1.42. The van der Waals surface area contributed by atoms with Crippen LogP contribution in [0.4, 0.5) is 10.1 Å². The van der Waals surface area contributed by atoms with Crippen LogP contribution in [0.25, 0.3) is 0 Å². The fourth-order valence-electron chi connectivity index (χ4n) is 1.42. The van der Waals surface area contributed by atoms with E-state index in [2.05, 4.69) is 24.1 Å². The maximum atomic E-state index is 12.5. The Morgan fingerprint density at radius 3 is 2.71 bits per heavy atom. The van der Waals surface area contributed by atoms with Crippen molar-refractivity contribution >= 4 is 5.69 Å². The SMILES string of the molecule is CCCC(CC)Nc1ccc(F)nc1. The van der Waals surface area contributed by atoms with Crippen LogP contribution in [-0.4, -0.2) is 11.0 Å². The molecule has 14 heavy (non-hydrogen) atoms. The maximum absolute atomic E-state index is 12.5. The Morgan fingerprint density at radius 2 is 2.21 bits per heavy atom. The number of halogens is 1. The van der Waals surface area contributed by atoms with Crippen LogP contribution in [0.15, 0.2) is 18.3 Å². The number of nitrogens with zero attached hydrogens (tertiary/aromatic N) is 1. The summed E-state index contributed by atoms with van der Waals surface area (Å²) in [5, 5.41) is 3.33. The van der Waals surface area contributed by atoms with E-state index in [1.807, 2.05) is 0 Å². The van der Waals surface area contributed by atoms with E-state index in [0.29, 0.717) is 6.04 Å². The molecule has 3 heteroatoms. The normalized spacial score (nSPS) is 12.5. The molecule has 0 amide bonds. The molecular formula is C11H17FN2. The monoisotopic (exact) mass is 196 g/mol. The standard InChI is InChI=1S/C11H17FN2/c1-3-5-9(4-2)14-10-6-7-11(12)13-8-10/h6-9,14H,3-5H2,1-2H3. The Hall–Kier alpha value is -1.12. The Labute approximate surface area is 84.6 Å². The summed E-state index contributed by atoms with van der Waals surface area (Å²) < 4.78 is 12.5. The van der Waals surface area contributed by atoms with Crippen LogP contribution in [0.5, 0.6) is 0 Å². The molecular weight excluding hydrogens is 179 g/mol. The first kappa shape index (κ1) is 11.0. The van der Waals surface area contributed by atoms with Gasteiger partial charge >= 0.3 is 0 Å². The molecule has 0 spiro atoms. The molecule has 1 atom stereocenters. The van der Waals surface area contributed by atoms with E-state index >= 15 is 0 Å². The highest BCUT2D eigenvalue weighted by atomic mass is 19.1. The van der Waals surface area contributed by atoms with Crippen molar-refractivity contribution < 1.29 is 4.39 Å². The van der Waals surface area contributed by atoms with Crippen LogP contribution >= 0.6 is 0 Å². The lowest BCUT2D eigenvalue weighted by Crippen LogP contribution is -2.17. The van der Waals surface area contributed by atoms with Crippen LogP contribution < -0.4 is 5.32 Å². The molecule has 2 nitrogen and oxygen atoms in total. The molecule has 1 N–H and O–H groups in total. The van der Waals surface area contributed by atoms with E-state index in [9.17, 15) is 4.39 Å². The quantitative estimate of drug-likeness (QED) is 0.731. The van der Waals surface area contributed by atoms with Crippen LogP contribution in [0.3, 0.4) is 0 Å². The van der Waals surface area contributed by atoms with Gasteiger partial charge in [-0.25, -0.2) is 4.98 Å². The van der Waals surface area contributed by atoms with Gasteiger partial charge in [-0.3, -0.25) is 0 Å². The summed E-state index contributed by atoms with van der Waals surface area (Å²) in [5.41, 5.74) is 0.895. The van der Waals surface area contributed by atoms with Gasteiger partial charge in [0.1, 0.15) is 0 Å². The molecule has 0 saturated carbocycles. The van der Waals surface area contributed by atoms with Gasteiger partial charge in [-0.1, -0.05) is 20.3 Å². The van der Waals surface area contributed by atoms with Gasteiger partial charge in [0.15, 0.2) is 0 Å². The van der Waals surface area contributed by atoms with E-state index in [0.717, 1.165) is 24.9 Å². The lowest BCUT2D eigenvalue weighted by molar-refractivity contribution is 0.582. The molecule has 1 aromatic heterocycles. The molecule has 1 unspecified atom stereocenters. The number of aromatic nitrogens is 1.